The van der Waals surface area contributed by atoms with E-state index in [1.165, 1.54) is 6.42 Å². The molecule has 1 aromatic heterocycles. The maximum absolute atomic E-state index is 10.4. The first-order valence-corrected chi connectivity index (χ1v) is 4.98. The van der Waals surface area contributed by atoms with Crippen LogP contribution in [0.4, 0.5) is 0 Å². The molecule has 76 valence electrons. The largest absolute Gasteiger partial charge is 0.378 e. The van der Waals surface area contributed by atoms with Gasteiger partial charge in [-0.1, -0.05) is 0 Å². The second kappa shape index (κ2) is 4.37. The number of carbonyl (C=O) groups is 1. The molecule has 1 fully saturated rings. The van der Waals surface area contributed by atoms with Crippen molar-refractivity contribution in [2.45, 2.75) is 31.9 Å². The summed E-state index contributed by atoms with van der Waals surface area (Å²) in [5, 5.41) is 4.08. The molecular formula is C10H14N2O2. The summed E-state index contributed by atoms with van der Waals surface area (Å²) >= 11 is 0. The number of aromatic nitrogens is 2. The first-order chi connectivity index (χ1) is 6.88. The zero-order chi connectivity index (χ0) is 9.80. The lowest BCUT2D eigenvalue weighted by atomic mass is 10.2. The van der Waals surface area contributed by atoms with Gasteiger partial charge in [0.25, 0.3) is 0 Å². The maximum Gasteiger partial charge on any atom is 0.153 e. The van der Waals surface area contributed by atoms with Crippen LogP contribution in [0.15, 0.2) is 12.4 Å². The minimum absolute atomic E-state index is 0.388. The summed E-state index contributed by atoms with van der Waals surface area (Å²) in [5.74, 6) is 0. The molecule has 0 saturated carbocycles. The Balaban J connectivity index is 1.81. The van der Waals surface area contributed by atoms with Gasteiger partial charge >= 0.3 is 0 Å². The predicted molar refractivity (Wildman–Crippen MR) is 51.2 cm³/mol. The predicted octanol–water partition coefficient (Wildman–Crippen LogP) is 1.26. The number of carbonyl (C=O) groups excluding carboxylic acids is 1. The van der Waals surface area contributed by atoms with Crippen LogP contribution in [-0.2, 0) is 11.3 Å². The van der Waals surface area contributed by atoms with Crippen LogP contribution in [0.1, 0.15) is 29.6 Å². The Kier molecular flexibility index (Phi) is 2.93. The SMILES string of the molecule is O=Cc1cnn(CCC2CCCO2)c1. The molecule has 1 aliphatic rings. The smallest absolute Gasteiger partial charge is 0.153 e. The van der Waals surface area contributed by atoms with Crippen molar-refractivity contribution >= 4 is 6.29 Å². The van der Waals surface area contributed by atoms with E-state index in [1.807, 2.05) is 0 Å². The minimum Gasteiger partial charge on any atom is -0.378 e. The van der Waals surface area contributed by atoms with Gasteiger partial charge in [-0.2, -0.15) is 5.10 Å². The van der Waals surface area contributed by atoms with E-state index in [0.29, 0.717) is 11.7 Å². The van der Waals surface area contributed by atoms with Crippen LogP contribution in [0.25, 0.3) is 0 Å². The van der Waals surface area contributed by atoms with E-state index in [0.717, 1.165) is 32.3 Å². The highest BCUT2D eigenvalue weighted by Gasteiger charge is 2.14. The fourth-order valence-corrected chi connectivity index (χ4v) is 1.71. The standard InChI is InChI=1S/C10H14N2O2/c13-8-9-6-11-12(7-9)4-3-10-2-1-5-14-10/h6-8,10H,1-5H2. The Morgan fingerprint density at radius 2 is 2.64 bits per heavy atom. The summed E-state index contributed by atoms with van der Waals surface area (Å²) in [4.78, 5) is 10.4. The van der Waals surface area contributed by atoms with Crippen molar-refractivity contribution in [2.75, 3.05) is 6.61 Å². The average molecular weight is 194 g/mol. The first-order valence-electron chi connectivity index (χ1n) is 4.98. The van der Waals surface area contributed by atoms with E-state index in [2.05, 4.69) is 5.10 Å². The van der Waals surface area contributed by atoms with Gasteiger partial charge in [0.2, 0.25) is 0 Å². The third-order valence-corrected chi connectivity index (χ3v) is 2.49. The molecular weight excluding hydrogens is 180 g/mol. The molecule has 0 aliphatic carbocycles. The zero-order valence-corrected chi connectivity index (χ0v) is 8.06. The third kappa shape index (κ3) is 2.20. The van der Waals surface area contributed by atoms with Crippen LogP contribution >= 0.6 is 0 Å². The normalized spacial score (nSPS) is 21.3. The van der Waals surface area contributed by atoms with Crippen LogP contribution in [0.2, 0.25) is 0 Å². The quantitative estimate of drug-likeness (QED) is 0.678. The molecule has 0 aromatic carbocycles. The van der Waals surface area contributed by atoms with E-state index in [1.54, 1.807) is 17.1 Å². The molecule has 0 N–H and O–H groups in total. The topological polar surface area (TPSA) is 44.1 Å². The molecule has 4 heteroatoms. The fourth-order valence-electron chi connectivity index (χ4n) is 1.71. The number of rotatable bonds is 4. The van der Waals surface area contributed by atoms with Gasteiger partial charge in [-0.3, -0.25) is 9.48 Å². The van der Waals surface area contributed by atoms with Gasteiger partial charge in [0, 0.05) is 19.3 Å². The Morgan fingerprint density at radius 3 is 3.29 bits per heavy atom. The second-order valence-electron chi connectivity index (χ2n) is 3.58. The number of aryl methyl sites for hydroxylation is 1. The van der Waals surface area contributed by atoms with Crippen LogP contribution in [-0.4, -0.2) is 28.8 Å². The average Bonchev–Trinajstić information content (AvgIpc) is 2.86. The highest BCUT2D eigenvalue weighted by atomic mass is 16.5. The molecule has 1 unspecified atom stereocenters. The van der Waals surface area contributed by atoms with Gasteiger partial charge in [0.1, 0.15) is 0 Å². The number of hydrogen-bond donors (Lipinski definition) is 0. The minimum atomic E-state index is 0.388. The van der Waals surface area contributed by atoms with Crippen molar-refractivity contribution < 1.29 is 9.53 Å². The molecule has 0 radical (unpaired) electrons. The highest BCUT2D eigenvalue weighted by molar-refractivity contribution is 5.73. The zero-order valence-electron chi connectivity index (χ0n) is 8.06. The van der Waals surface area contributed by atoms with Crippen LogP contribution in [0.5, 0.6) is 0 Å². The molecule has 4 nitrogen and oxygen atoms in total. The molecule has 0 amide bonds. The molecule has 1 aliphatic heterocycles. The summed E-state index contributed by atoms with van der Waals surface area (Å²) < 4.78 is 7.29. The Morgan fingerprint density at radius 1 is 1.71 bits per heavy atom. The van der Waals surface area contributed by atoms with Gasteiger partial charge in [0.15, 0.2) is 6.29 Å². The Bertz CT molecular complexity index is 303. The van der Waals surface area contributed by atoms with Crippen LogP contribution in [0, 0.1) is 0 Å². The molecule has 2 rings (SSSR count). The highest BCUT2D eigenvalue weighted by Crippen LogP contribution is 2.15. The van der Waals surface area contributed by atoms with E-state index in [-0.39, 0.29) is 0 Å². The number of ether oxygens (including phenoxy) is 1. The van der Waals surface area contributed by atoms with Gasteiger partial charge < -0.3 is 4.74 Å². The van der Waals surface area contributed by atoms with Gasteiger partial charge in [-0.25, -0.2) is 0 Å². The number of nitrogens with zero attached hydrogens (tertiary/aromatic N) is 2. The molecule has 0 spiro atoms. The lowest BCUT2D eigenvalue weighted by Gasteiger charge is -2.08. The van der Waals surface area contributed by atoms with Crippen molar-refractivity contribution in [3.8, 4) is 0 Å². The Hall–Kier alpha value is -1.16. The summed E-state index contributed by atoms with van der Waals surface area (Å²) in [6.07, 6.45) is 7.87. The van der Waals surface area contributed by atoms with Gasteiger partial charge in [-0.15, -0.1) is 0 Å². The summed E-state index contributed by atoms with van der Waals surface area (Å²) in [7, 11) is 0. The van der Waals surface area contributed by atoms with Crippen molar-refractivity contribution in [3.63, 3.8) is 0 Å². The fraction of sp³-hybridized carbons (Fsp3) is 0.600. The summed E-state index contributed by atoms with van der Waals surface area (Å²) in [6, 6.07) is 0. The molecule has 1 atom stereocenters. The Labute approximate surface area is 82.9 Å². The maximum atomic E-state index is 10.4. The van der Waals surface area contributed by atoms with Crippen molar-refractivity contribution in [1.82, 2.24) is 9.78 Å². The van der Waals surface area contributed by atoms with Crippen molar-refractivity contribution in [2.24, 2.45) is 0 Å². The second-order valence-corrected chi connectivity index (χ2v) is 3.58. The van der Waals surface area contributed by atoms with Crippen molar-refractivity contribution in [3.05, 3.63) is 18.0 Å². The summed E-state index contributed by atoms with van der Waals surface area (Å²) in [6.45, 7) is 1.72. The third-order valence-electron chi connectivity index (χ3n) is 2.49. The van der Waals surface area contributed by atoms with E-state index in [9.17, 15) is 4.79 Å². The molecule has 2 heterocycles. The molecule has 0 bridgehead atoms. The lowest BCUT2D eigenvalue weighted by Crippen LogP contribution is -2.10. The van der Waals surface area contributed by atoms with Gasteiger partial charge in [0.05, 0.1) is 17.9 Å². The molecule has 14 heavy (non-hydrogen) atoms. The van der Waals surface area contributed by atoms with Gasteiger partial charge in [-0.05, 0) is 19.3 Å². The van der Waals surface area contributed by atoms with Crippen LogP contribution < -0.4 is 0 Å². The van der Waals surface area contributed by atoms with Crippen molar-refractivity contribution in [1.29, 1.82) is 0 Å². The molecule has 1 aromatic rings. The van der Waals surface area contributed by atoms with E-state index in [4.69, 9.17) is 4.74 Å². The monoisotopic (exact) mass is 194 g/mol. The van der Waals surface area contributed by atoms with E-state index < -0.39 is 0 Å². The molecule has 1 saturated heterocycles. The first kappa shape index (κ1) is 9.40. The summed E-state index contributed by atoms with van der Waals surface area (Å²) in [5.41, 5.74) is 0.636. The lowest BCUT2D eigenvalue weighted by molar-refractivity contribution is 0.0994. The van der Waals surface area contributed by atoms with E-state index >= 15 is 0 Å². The number of hydrogen-bond acceptors (Lipinski definition) is 3. The van der Waals surface area contributed by atoms with Crippen LogP contribution in [0.3, 0.4) is 0 Å². The number of aldehydes is 1.